The van der Waals surface area contributed by atoms with Gasteiger partial charge in [0.05, 0.1) is 4.47 Å². The van der Waals surface area contributed by atoms with Crippen molar-refractivity contribution in [3.8, 4) is 0 Å². The molecule has 3 nitrogen and oxygen atoms in total. The van der Waals surface area contributed by atoms with E-state index in [0.29, 0.717) is 0 Å². The van der Waals surface area contributed by atoms with Gasteiger partial charge in [0.2, 0.25) is 0 Å². The Hall–Kier alpha value is -1.17. The molecule has 76 valence electrons. The van der Waals surface area contributed by atoms with Gasteiger partial charge in [-0.1, -0.05) is 11.2 Å². The van der Waals surface area contributed by atoms with Crippen LogP contribution in [0, 0.1) is 11.6 Å². The first-order chi connectivity index (χ1) is 6.56. The van der Waals surface area contributed by atoms with Crippen molar-refractivity contribution in [3.05, 3.63) is 33.8 Å². The first kappa shape index (κ1) is 10.9. The topological polar surface area (TPSA) is 58.6 Å². The van der Waals surface area contributed by atoms with E-state index in [1.165, 1.54) is 12.1 Å². The van der Waals surface area contributed by atoms with Crippen molar-refractivity contribution in [2.45, 2.75) is 6.42 Å². The quantitative estimate of drug-likeness (QED) is 0.282. The number of oxime groups is 1. The summed E-state index contributed by atoms with van der Waals surface area (Å²) in [6.07, 6.45) is -0.132. The third kappa shape index (κ3) is 2.20. The highest BCUT2D eigenvalue weighted by atomic mass is 79.9. The van der Waals surface area contributed by atoms with Crippen molar-refractivity contribution in [3.63, 3.8) is 0 Å². The molecule has 0 bridgehead atoms. The highest BCUT2D eigenvalue weighted by molar-refractivity contribution is 9.10. The normalized spacial score (nSPS) is 11.8. The number of hydrogen-bond donors (Lipinski definition) is 2. The lowest BCUT2D eigenvalue weighted by Crippen LogP contribution is -2.16. The van der Waals surface area contributed by atoms with E-state index in [4.69, 9.17) is 10.9 Å². The highest BCUT2D eigenvalue weighted by Crippen LogP contribution is 2.21. The number of benzene rings is 1. The van der Waals surface area contributed by atoms with E-state index in [2.05, 4.69) is 21.1 Å². The van der Waals surface area contributed by atoms with Gasteiger partial charge in [-0.2, -0.15) is 0 Å². The SMILES string of the molecule is N/C(Cc1ccc(Br)c(F)c1F)=N\O. The van der Waals surface area contributed by atoms with Crippen molar-refractivity contribution in [2.24, 2.45) is 10.9 Å². The summed E-state index contributed by atoms with van der Waals surface area (Å²) < 4.78 is 26.2. The highest BCUT2D eigenvalue weighted by Gasteiger charge is 2.12. The molecule has 0 spiro atoms. The van der Waals surface area contributed by atoms with E-state index in [-0.39, 0.29) is 22.3 Å². The van der Waals surface area contributed by atoms with E-state index < -0.39 is 11.6 Å². The first-order valence-electron chi connectivity index (χ1n) is 3.65. The molecule has 3 N–H and O–H groups in total. The molecule has 14 heavy (non-hydrogen) atoms. The van der Waals surface area contributed by atoms with Gasteiger partial charge in [-0.25, -0.2) is 8.78 Å². The zero-order chi connectivity index (χ0) is 10.7. The maximum absolute atomic E-state index is 13.2. The second-order valence-electron chi connectivity index (χ2n) is 2.60. The molecule has 0 aliphatic heterocycles. The Labute approximate surface area is 87.3 Å². The molecule has 1 rings (SSSR count). The van der Waals surface area contributed by atoms with Crippen molar-refractivity contribution in [1.82, 2.24) is 0 Å². The molecule has 0 aliphatic carbocycles. The molecule has 1 aromatic rings. The van der Waals surface area contributed by atoms with Crippen LogP contribution in [0.4, 0.5) is 8.78 Å². The number of amidine groups is 1. The molecule has 0 fully saturated rings. The van der Waals surface area contributed by atoms with Crippen molar-refractivity contribution >= 4 is 21.8 Å². The molecular formula is C8H7BrF2N2O. The summed E-state index contributed by atoms with van der Waals surface area (Å²) in [6.45, 7) is 0. The molecule has 0 heterocycles. The monoisotopic (exact) mass is 264 g/mol. The Balaban J connectivity index is 3.06. The lowest BCUT2D eigenvalue weighted by atomic mass is 10.1. The zero-order valence-electron chi connectivity index (χ0n) is 6.97. The van der Waals surface area contributed by atoms with Crippen LogP contribution in [0.25, 0.3) is 0 Å². The molecule has 0 saturated carbocycles. The predicted octanol–water partition coefficient (Wildman–Crippen LogP) is 2.02. The van der Waals surface area contributed by atoms with Crippen LogP contribution >= 0.6 is 15.9 Å². The molecule has 0 atom stereocenters. The van der Waals surface area contributed by atoms with Gasteiger partial charge >= 0.3 is 0 Å². The van der Waals surface area contributed by atoms with E-state index >= 15 is 0 Å². The fraction of sp³-hybridized carbons (Fsp3) is 0.125. The summed E-state index contributed by atoms with van der Waals surface area (Å²) in [7, 11) is 0. The molecule has 0 unspecified atom stereocenters. The predicted molar refractivity (Wildman–Crippen MR) is 51.2 cm³/mol. The van der Waals surface area contributed by atoms with Gasteiger partial charge in [-0.05, 0) is 27.6 Å². The molecule has 0 aliphatic rings. The second-order valence-corrected chi connectivity index (χ2v) is 3.46. The number of rotatable bonds is 2. The van der Waals surface area contributed by atoms with Crippen LogP contribution in [0.15, 0.2) is 21.8 Å². The van der Waals surface area contributed by atoms with Gasteiger partial charge in [0.15, 0.2) is 11.6 Å². The standard InChI is InChI=1S/C8H7BrF2N2O/c9-5-2-1-4(3-6(12)13-14)7(10)8(5)11/h1-2,14H,3H2,(H2,12,13). The summed E-state index contributed by atoms with van der Waals surface area (Å²) in [6, 6.07) is 2.72. The summed E-state index contributed by atoms with van der Waals surface area (Å²) >= 11 is 2.84. The number of nitrogens with two attached hydrogens (primary N) is 1. The van der Waals surface area contributed by atoms with Gasteiger partial charge in [0, 0.05) is 6.42 Å². The third-order valence-corrected chi connectivity index (χ3v) is 2.23. The van der Waals surface area contributed by atoms with E-state index in [0.717, 1.165) is 0 Å². The van der Waals surface area contributed by atoms with Crippen LogP contribution in [0.3, 0.4) is 0 Å². The smallest absolute Gasteiger partial charge is 0.173 e. The number of nitrogens with zero attached hydrogens (tertiary/aromatic N) is 1. The van der Waals surface area contributed by atoms with Crippen molar-refractivity contribution in [1.29, 1.82) is 0 Å². The third-order valence-electron chi connectivity index (χ3n) is 1.62. The summed E-state index contributed by atoms with van der Waals surface area (Å²) in [5.74, 6) is -2.15. The second kappa shape index (κ2) is 4.36. The first-order valence-corrected chi connectivity index (χ1v) is 4.44. The summed E-state index contributed by atoms with van der Waals surface area (Å²) in [4.78, 5) is 0. The van der Waals surface area contributed by atoms with Crippen molar-refractivity contribution < 1.29 is 14.0 Å². The van der Waals surface area contributed by atoms with Crippen LogP contribution in [0.1, 0.15) is 5.56 Å². The summed E-state index contributed by atoms with van der Waals surface area (Å²) in [5, 5.41) is 10.9. The minimum absolute atomic E-state index is 0.0401. The Morgan fingerprint density at radius 3 is 2.64 bits per heavy atom. The molecule has 6 heteroatoms. The molecular weight excluding hydrogens is 258 g/mol. The van der Waals surface area contributed by atoms with Crippen LogP contribution in [0.2, 0.25) is 0 Å². The summed E-state index contributed by atoms with van der Waals surface area (Å²) in [5.41, 5.74) is 5.20. The molecule has 0 radical (unpaired) electrons. The van der Waals surface area contributed by atoms with Gasteiger partial charge < -0.3 is 10.9 Å². The van der Waals surface area contributed by atoms with Crippen LogP contribution in [0.5, 0.6) is 0 Å². The maximum Gasteiger partial charge on any atom is 0.173 e. The average molecular weight is 265 g/mol. The lowest BCUT2D eigenvalue weighted by molar-refractivity contribution is 0.317. The van der Waals surface area contributed by atoms with Crippen LogP contribution in [-0.2, 0) is 6.42 Å². The Kier molecular flexibility index (Phi) is 3.40. The Bertz CT molecular complexity index is 382. The average Bonchev–Trinajstić information content (AvgIpc) is 2.19. The molecule has 1 aromatic carbocycles. The van der Waals surface area contributed by atoms with Gasteiger partial charge in [-0.15, -0.1) is 0 Å². The van der Waals surface area contributed by atoms with E-state index in [9.17, 15) is 8.78 Å². The zero-order valence-corrected chi connectivity index (χ0v) is 8.55. The number of halogens is 3. The molecule has 0 aromatic heterocycles. The minimum Gasteiger partial charge on any atom is -0.409 e. The minimum atomic E-state index is -0.994. The van der Waals surface area contributed by atoms with Crippen LogP contribution < -0.4 is 5.73 Å². The van der Waals surface area contributed by atoms with Gasteiger partial charge in [0.25, 0.3) is 0 Å². The Morgan fingerprint density at radius 2 is 2.07 bits per heavy atom. The van der Waals surface area contributed by atoms with Crippen LogP contribution in [-0.4, -0.2) is 11.0 Å². The van der Waals surface area contributed by atoms with Crippen molar-refractivity contribution in [2.75, 3.05) is 0 Å². The van der Waals surface area contributed by atoms with Gasteiger partial charge in [0.1, 0.15) is 5.84 Å². The fourth-order valence-corrected chi connectivity index (χ4v) is 1.24. The molecule has 0 saturated heterocycles. The largest absolute Gasteiger partial charge is 0.409 e. The van der Waals surface area contributed by atoms with E-state index in [1.54, 1.807) is 0 Å². The van der Waals surface area contributed by atoms with E-state index in [1.807, 2.05) is 0 Å². The maximum atomic E-state index is 13.2. The lowest BCUT2D eigenvalue weighted by Gasteiger charge is -2.03. The van der Waals surface area contributed by atoms with Gasteiger partial charge in [-0.3, -0.25) is 0 Å². The Morgan fingerprint density at radius 1 is 1.43 bits per heavy atom. The number of hydrogen-bond acceptors (Lipinski definition) is 2. The molecule has 0 amide bonds. The fourth-order valence-electron chi connectivity index (χ4n) is 0.933.